The predicted molar refractivity (Wildman–Crippen MR) is 85.5 cm³/mol. The van der Waals surface area contributed by atoms with Crippen LogP contribution in [-0.4, -0.2) is 19.6 Å². The molecule has 1 atom stereocenters. The molecule has 0 saturated heterocycles. The molecular formula is C18H19NO3. The van der Waals surface area contributed by atoms with Crippen molar-refractivity contribution >= 4 is 11.6 Å². The van der Waals surface area contributed by atoms with E-state index >= 15 is 0 Å². The minimum atomic E-state index is -0.194. The highest BCUT2D eigenvalue weighted by Gasteiger charge is 2.26. The van der Waals surface area contributed by atoms with Crippen molar-refractivity contribution in [2.75, 3.05) is 19.0 Å². The first kappa shape index (κ1) is 14.4. The number of rotatable bonds is 3. The lowest BCUT2D eigenvalue weighted by molar-refractivity contribution is -0.121. The molecule has 0 fully saturated rings. The third-order valence-corrected chi connectivity index (χ3v) is 3.86. The maximum absolute atomic E-state index is 12.4. The molecule has 114 valence electrons. The summed E-state index contributed by atoms with van der Waals surface area (Å²) in [7, 11) is 1.63. The largest absolute Gasteiger partial charge is 0.497 e. The van der Waals surface area contributed by atoms with Gasteiger partial charge in [-0.15, -0.1) is 0 Å². The van der Waals surface area contributed by atoms with Gasteiger partial charge in [0.25, 0.3) is 0 Å². The molecule has 3 rings (SSSR count). The standard InChI is InChI=1S/C18H19NO3/c1-12-3-5-15(6-4-12)19-18(20)14-9-13-10-16(21-2)7-8-17(13)22-11-14/h3-8,10,14H,9,11H2,1-2H3,(H,19,20). The summed E-state index contributed by atoms with van der Waals surface area (Å²) in [6.45, 7) is 2.42. The van der Waals surface area contributed by atoms with Crippen LogP contribution < -0.4 is 14.8 Å². The quantitative estimate of drug-likeness (QED) is 0.946. The minimum Gasteiger partial charge on any atom is -0.497 e. The van der Waals surface area contributed by atoms with Crippen molar-refractivity contribution in [3.63, 3.8) is 0 Å². The number of anilines is 1. The van der Waals surface area contributed by atoms with E-state index in [1.54, 1.807) is 7.11 Å². The van der Waals surface area contributed by atoms with Crippen LogP contribution in [0.1, 0.15) is 11.1 Å². The molecule has 0 aromatic heterocycles. The molecule has 2 aromatic carbocycles. The first-order chi connectivity index (χ1) is 10.7. The fourth-order valence-corrected chi connectivity index (χ4v) is 2.55. The Balaban J connectivity index is 1.70. The van der Waals surface area contributed by atoms with Crippen molar-refractivity contribution in [1.82, 2.24) is 0 Å². The number of aryl methyl sites for hydroxylation is 1. The molecule has 0 spiro atoms. The lowest BCUT2D eigenvalue weighted by atomic mass is 9.95. The second-order valence-corrected chi connectivity index (χ2v) is 5.54. The lowest BCUT2D eigenvalue weighted by Crippen LogP contribution is -2.32. The van der Waals surface area contributed by atoms with Gasteiger partial charge in [-0.3, -0.25) is 4.79 Å². The van der Waals surface area contributed by atoms with Gasteiger partial charge in [0.2, 0.25) is 5.91 Å². The van der Waals surface area contributed by atoms with Crippen LogP contribution >= 0.6 is 0 Å². The summed E-state index contributed by atoms with van der Waals surface area (Å²) in [6.07, 6.45) is 0.657. The predicted octanol–water partition coefficient (Wildman–Crippen LogP) is 3.19. The van der Waals surface area contributed by atoms with Crippen LogP contribution in [0.15, 0.2) is 42.5 Å². The Morgan fingerprint density at radius 3 is 2.73 bits per heavy atom. The van der Waals surface area contributed by atoms with Crippen LogP contribution in [0.3, 0.4) is 0 Å². The van der Waals surface area contributed by atoms with Crippen LogP contribution in [0.4, 0.5) is 5.69 Å². The number of carbonyl (C=O) groups is 1. The van der Waals surface area contributed by atoms with E-state index in [-0.39, 0.29) is 11.8 Å². The molecule has 1 unspecified atom stereocenters. The Labute approximate surface area is 130 Å². The first-order valence-corrected chi connectivity index (χ1v) is 7.33. The van der Waals surface area contributed by atoms with E-state index in [4.69, 9.17) is 9.47 Å². The van der Waals surface area contributed by atoms with Gasteiger partial charge in [-0.1, -0.05) is 17.7 Å². The third kappa shape index (κ3) is 3.06. The topological polar surface area (TPSA) is 47.6 Å². The molecule has 1 heterocycles. The van der Waals surface area contributed by atoms with E-state index in [9.17, 15) is 4.79 Å². The Morgan fingerprint density at radius 1 is 1.23 bits per heavy atom. The maximum atomic E-state index is 12.4. The number of amides is 1. The molecule has 22 heavy (non-hydrogen) atoms. The van der Waals surface area contributed by atoms with Crippen molar-refractivity contribution < 1.29 is 14.3 Å². The van der Waals surface area contributed by atoms with Crippen molar-refractivity contribution in [1.29, 1.82) is 0 Å². The summed E-state index contributed by atoms with van der Waals surface area (Å²) in [5.74, 6) is 1.40. The zero-order chi connectivity index (χ0) is 15.5. The molecule has 4 heteroatoms. The molecule has 0 bridgehead atoms. The van der Waals surface area contributed by atoms with Crippen molar-refractivity contribution in [2.45, 2.75) is 13.3 Å². The van der Waals surface area contributed by atoms with E-state index in [0.717, 1.165) is 22.7 Å². The highest BCUT2D eigenvalue weighted by atomic mass is 16.5. The van der Waals surface area contributed by atoms with Gasteiger partial charge in [-0.2, -0.15) is 0 Å². The SMILES string of the molecule is COc1ccc2c(c1)CC(C(=O)Nc1ccc(C)cc1)CO2. The Hall–Kier alpha value is -2.49. The van der Waals surface area contributed by atoms with Gasteiger partial charge in [0, 0.05) is 5.69 Å². The Bertz CT molecular complexity index is 679. The fourth-order valence-electron chi connectivity index (χ4n) is 2.55. The molecule has 4 nitrogen and oxygen atoms in total. The van der Waals surface area contributed by atoms with Gasteiger partial charge < -0.3 is 14.8 Å². The van der Waals surface area contributed by atoms with Crippen molar-refractivity contribution in [3.05, 3.63) is 53.6 Å². The molecule has 0 saturated carbocycles. The van der Waals surface area contributed by atoms with Gasteiger partial charge >= 0.3 is 0 Å². The average molecular weight is 297 g/mol. The number of hydrogen-bond acceptors (Lipinski definition) is 3. The zero-order valence-electron chi connectivity index (χ0n) is 12.8. The van der Waals surface area contributed by atoms with Gasteiger partial charge in [0.1, 0.15) is 18.1 Å². The molecule has 0 aliphatic carbocycles. The molecule has 1 aliphatic heterocycles. The average Bonchev–Trinajstić information content (AvgIpc) is 2.55. The van der Waals surface area contributed by atoms with Crippen LogP contribution in [0.25, 0.3) is 0 Å². The summed E-state index contributed by atoms with van der Waals surface area (Å²) in [5.41, 5.74) is 2.99. The lowest BCUT2D eigenvalue weighted by Gasteiger charge is -2.25. The van der Waals surface area contributed by atoms with E-state index < -0.39 is 0 Å². The number of methoxy groups -OCH3 is 1. The third-order valence-electron chi connectivity index (χ3n) is 3.86. The van der Waals surface area contributed by atoms with Gasteiger partial charge in [0.15, 0.2) is 0 Å². The molecule has 1 amide bonds. The Morgan fingerprint density at radius 2 is 2.00 bits per heavy atom. The summed E-state index contributed by atoms with van der Waals surface area (Å²) in [6, 6.07) is 13.5. The normalized spacial score (nSPS) is 16.4. The molecule has 1 aliphatic rings. The van der Waals surface area contributed by atoms with E-state index in [2.05, 4.69) is 5.32 Å². The molecule has 0 radical (unpaired) electrons. The monoisotopic (exact) mass is 297 g/mol. The minimum absolute atomic E-state index is 0.0164. The summed E-state index contributed by atoms with van der Waals surface area (Å²) in [4.78, 5) is 12.4. The summed E-state index contributed by atoms with van der Waals surface area (Å²) >= 11 is 0. The zero-order valence-corrected chi connectivity index (χ0v) is 12.8. The molecule has 1 N–H and O–H groups in total. The molecule has 2 aromatic rings. The highest BCUT2D eigenvalue weighted by Crippen LogP contribution is 2.31. The van der Waals surface area contributed by atoms with Crippen LogP contribution in [-0.2, 0) is 11.2 Å². The number of benzene rings is 2. The number of fused-ring (bicyclic) bond motifs is 1. The molecular weight excluding hydrogens is 278 g/mol. The van der Waals surface area contributed by atoms with Crippen LogP contribution in [0.2, 0.25) is 0 Å². The second kappa shape index (κ2) is 6.10. The van der Waals surface area contributed by atoms with Crippen LogP contribution in [0, 0.1) is 12.8 Å². The summed E-state index contributed by atoms with van der Waals surface area (Å²) in [5, 5.41) is 2.95. The van der Waals surface area contributed by atoms with Gasteiger partial charge in [-0.05, 0) is 49.2 Å². The first-order valence-electron chi connectivity index (χ1n) is 7.33. The smallest absolute Gasteiger partial charge is 0.231 e. The fraction of sp³-hybridized carbons (Fsp3) is 0.278. The number of carbonyl (C=O) groups excluding carboxylic acids is 1. The van der Waals surface area contributed by atoms with Crippen LogP contribution in [0.5, 0.6) is 11.5 Å². The van der Waals surface area contributed by atoms with E-state index in [1.807, 2.05) is 49.4 Å². The van der Waals surface area contributed by atoms with E-state index in [0.29, 0.717) is 13.0 Å². The van der Waals surface area contributed by atoms with E-state index in [1.165, 1.54) is 5.56 Å². The highest BCUT2D eigenvalue weighted by molar-refractivity contribution is 5.93. The van der Waals surface area contributed by atoms with Gasteiger partial charge in [-0.25, -0.2) is 0 Å². The number of hydrogen-bond donors (Lipinski definition) is 1. The van der Waals surface area contributed by atoms with Crippen molar-refractivity contribution in [3.8, 4) is 11.5 Å². The number of nitrogens with one attached hydrogen (secondary N) is 1. The van der Waals surface area contributed by atoms with Crippen molar-refractivity contribution in [2.24, 2.45) is 5.92 Å². The summed E-state index contributed by atoms with van der Waals surface area (Å²) < 4.78 is 10.9. The maximum Gasteiger partial charge on any atom is 0.231 e. The van der Waals surface area contributed by atoms with Gasteiger partial charge in [0.05, 0.1) is 13.0 Å². The Kier molecular flexibility index (Phi) is 4.00. The number of ether oxygens (including phenoxy) is 2. The second-order valence-electron chi connectivity index (χ2n) is 5.54.